The number of nitrogens with zero attached hydrogens (tertiary/aromatic N) is 1. The van der Waals surface area contributed by atoms with Crippen molar-refractivity contribution < 1.29 is 9.53 Å². The van der Waals surface area contributed by atoms with Crippen LogP contribution in [0.3, 0.4) is 0 Å². The highest BCUT2D eigenvalue weighted by Crippen LogP contribution is 2.08. The number of aryl methyl sites for hydroxylation is 1. The van der Waals surface area contributed by atoms with Gasteiger partial charge in [-0.15, -0.1) is 0 Å². The molecule has 16 heavy (non-hydrogen) atoms. The largest absolute Gasteiger partial charge is 0.468 e. The van der Waals surface area contributed by atoms with Crippen LogP contribution in [0.2, 0.25) is 0 Å². The Balaban J connectivity index is 2.55. The summed E-state index contributed by atoms with van der Waals surface area (Å²) in [5, 5.41) is 8.72. The number of hydrogen-bond donors (Lipinski definition) is 1. The third-order valence-electron chi connectivity index (χ3n) is 2.30. The first-order valence-corrected chi connectivity index (χ1v) is 5.00. The Morgan fingerprint density at radius 3 is 3.00 bits per heavy atom. The molecule has 4 nitrogen and oxygen atoms in total. The molecule has 0 aliphatic carbocycles. The molecule has 0 aliphatic heterocycles. The van der Waals surface area contributed by atoms with E-state index in [9.17, 15) is 4.79 Å². The van der Waals surface area contributed by atoms with Crippen molar-refractivity contribution >= 4 is 5.97 Å². The zero-order valence-electron chi connectivity index (χ0n) is 9.14. The van der Waals surface area contributed by atoms with Crippen LogP contribution in [0.15, 0.2) is 24.3 Å². The lowest BCUT2D eigenvalue weighted by molar-refractivity contribution is -0.142. The molecule has 1 unspecified atom stereocenters. The summed E-state index contributed by atoms with van der Waals surface area (Å²) in [6, 6.07) is 8.72. The molecule has 84 valence electrons. The van der Waals surface area contributed by atoms with Crippen LogP contribution in [0, 0.1) is 11.3 Å². The van der Waals surface area contributed by atoms with Gasteiger partial charge < -0.3 is 10.5 Å². The average Bonchev–Trinajstić information content (AvgIpc) is 2.35. The maximum atomic E-state index is 11.1. The predicted molar refractivity (Wildman–Crippen MR) is 59.5 cm³/mol. The molecule has 0 heterocycles. The maximum Gasteiger partial charge on any atom is 0.322 e. The van der Waals surface area contributed by atoms with Gasteiger partial charge in [-0.1, -0.05) is 12.1 Å². The number of carbonyl (C=O) groups is 1. The highest BCUT2D eigenvalue weighted by molar-refractivity contribution is 5.75. The van der Waals surface area contributed by atoms with Crippen LogP contribution in [0.25, 0.3) is 0 Å². The number of benzene rings is 1. The smallest absolute Gasteiger partial charge is 0.322 e. The van der Waals surface area contributed by atoms with E-state index in [1.807, 2.05) is 12.1 Å². The molecule has 1 rings (SSSR count). The minimum Gasteiger partial charge on any atom is -0.468 e. The van der Waals surface area contributed by atoms with E-state index in [0.717, 1.165) is 5.56 Å². The van der Waals surface area contributed by atoms with Gasteiger partial charge in [0.25, 0.3) is 0 Å². The minimum atomic E-state index is -0.601. The molecule has 0 radical (unpaired) electrons. The van der Waals surface area contributed by atoms with E-state index < -0.39 is 12.0 Å². The van der Waals surface area contributed by atoms with Crippen LogP contribution in [-0.4, -0.2) is 19.1 Å². The van der Waals surface area contributed by atoms with Crippen LogP contribution in [-0.2, 0) is 16.0 Å². The second-order valence-corrected chi connectivity index (χ2v) is 3.48. The SMILES string of the molecule is COC(=O)C(N)CCc1cccc(C#N)c1. The first-order valence-electron chi connectivity index (χ1n) is 5.00. The van der Waals surface area contributed by atoms with E-state index in [2.05, 4.69) is 10.8 Å². The number of rotatable bonds is 4. The van der Waals surface area contributed by atoms with E-state index in [1.165, 1.54) is 7.11 Å². The van der Waals surface area contributed by atoms with Gasteiger partial charge in [-0.2, -0.15) is 5.26 Å². The average molecular weight is 218 g/mol. The zero-order chi connectivity index (χ0) is 12.0. The van der Waals surface area contributed by atoms with E-state index in [4.69, 9.17) is 11.0 Å². The van der Waals surface area contributed by atoms with Gasteiger partial charge in [0.1, 0.15) is 6.04 Å². The fraction of sp³-hybridized carbons (Fsp3) is 0.333. The van der Waals surface area contributed by atoms with Crippen molar-refractivity contribution in [2.75, 3.05) is 7.11 Å². The van der Waals surface area contributed by atoms with Gasteiger partial charge in [-0.3, -0.25) is 4.79 Å². The van der Waals surface area contributed by atoms with Crippen LogP contribution >= 0.6 is 0 Å². The summed E-state index contributed by atoms with van der Waals surface area (Å²) in [5.74, 6) is -0.406. The quantitative estimate of drug-likeness (QED) is 0.764. The lowest BCUT2D eigenvalue weighted by Crippen LogP contribution is -2.31. The zero-order valence-corrected chi connectivity index (χ0v) is 9.14. The number of esters is 1. The summed E-state index contributed by atoms with van der Waals surface area (Å²) >= 11 is 0. The molecule has 0 spiro atoms. The van der Waals surface area contributed by atoms with Crippen molar-refractivity contribution in [2.24, 2.45) is 5.73 Å². The topological polar surface area (TPSA) is 76.1 Å². The maximum absolute atomic E-state index is 11.1. The van der Waals surface area contributed by atoms with Crippen molar-refractivity contribution in [3.05, 3.63) is 35.4 Å². The van der Waals surface area contributed by atoms with Crippen molar-refractivity contribution in [2.45, 2.75) is 18.9 Å². The van der Waals surface area contributed by atoms with Crippen molar-refractivity contribution in [1.82, 2.24) is 0 Å². The Kier molecular flexibility index (Phi) is 4.49. The van der Waals surface area contributed by atoms with Gasteiger partial charge in [0.2, 0.25) is 0 Å². The summed E-state index contributed by atoms with van der Waals surface area (Å²) < 4.78 is 4.53. The van der Waals surface area contributed by atoms with Gasteiger partial charge in [0, 0.05) is 0 Å². The molecule has 1 aromatic rings. The number of hydrogen-bond acceptors (Lipinski definition) is 4. The molecule has 0 aliphatic rings. The lowest BCUT2D eigenvalue weighted by atomic mass is 10.0. The fourth-order valence-electron chi connectivity index (χ4n) is 1.39. The summed E-state index contributed by atoms with van der Waals surface area (Å²) in [6.07, 6.45) is 1.17. The summed E-state index contributed by atoms with van der Waals surface area (Å²) in [6.45, 7) is 0. The molecular formula is C12H14N2O2. The minimum absolute atomic E-state index is 0.406. The van der Waals surface area contributed by atoms with Crippen LogP contribution in [0.4, 0.5) is 0 Å². The van der Waals surface area contributed by atoms with E-state index >= 15 is 0 Å². The van der Waals surface area contributed by atoms with E-state index in [1.54, 1.807) is 12.1 Å². The third kappa shape index (κ3) is 3.37. The Morgan fingerprint density at radius 1 is 1.62 bits per heavy atom. The second kappa shape index (κ2) is 5.89. The molecule has 0 amide bonds. The lowest BCUT2D eigenvalue weighted by Gasteiger charge is -2.08. The third-order valence-corrected chi connectivity index (χ3v) is 2.30. The Morgan fingerprint density at radius 2 is 2.38 bits per heavy atom. The van der Waals surface area contributed by atoms with Crippen LogP contribution in [0.1, 0.15) is 17.5 Å². The molecule has 0 saturated carbocycles. The molecule has 0 saturated heterocycles. The molecule has 0 aromatic heterocycles. The summed E-state index contributed by atoms with van der Waals surface area (Å²) in [7, 11) is 1.32. The second-order valence-electron chi connectivity index (χ2n) is 3.48. The van der Waals surface area contributed by atoms with Gasteiger partial charge >= 0.3 is 5.97 Å². The van der Waals surface area contributed by atoms with Gasteiger partial charge in [-0.05, 0) is 30.5 Å². The number of carbonyl (C=O) groups excluding carboxylic acids is 1. The highest BCUT2D eigenvalue weighted by Gasteiger charge is 2.13. The van der Waals surface area contributed by atoms with Gasteiger partial charge in [-0.25, -0.2) is 0 Å². The Labute approximate surface area is 94.6 Å². The molecule has 2 N–H and O–H groups in total. The predicted octanol–water partition coefficient (Wildman–Crippen LogP) is 0.991. The fourth-order valence-corrected chi connectivity index (χ4v) is 1.39. The van der Waals surface area contributed by atoms with E-state index in [-0.39, 0.29) is 0 Å². The molecule has 4 heteroatoms. The van der Waals surface area contributed by atoms with Crippen molar-refractivity contribution in [3.63, 3.8) is 0 Å². The Bertz CT molecular complexity index is 410. The number of methoxy groups -OCH3 is 1. The highest BCUT2D eigenvalue weighted by atomic mass is 16.5. The molecular weight excluding hydrogens is 204 g/mol. The summed E-state index contributed by atoms with van der Waals surface area (Å²) in [4.78, 5) is 11.1. The number of ether oxygens (including phenoxy) is 1. The molecule has 0 bridgehead atoms. The molecule has 0 fully saturated rings. The first-order chi connectivity index (χ1) is 7.67. The molecule has 1 aromatic carbocycles. The van der Waals surface area contributed by atoms with Crippen molar-refractivity contribution in [3.8, 4) is 6.07 Å². The standard InChI is InChI=1S/C12H14N2O2/c1-16-12(15)11(14)6-5-9-3-2-4-10(7-9)8-13/h2-4,7,11H,5-6,14H2,1H3. The first kappa shape index (κ1) is 12.2. The Hall–Kier alpha value is -1.86. The van der Waals surface area contributed by atoms with E-state index in [0.29, 0.717) is 18.4 Å². The summed E-state index contributed by atoms with van der Waals surface area (Å²) in [5.41, 5.74) is 7.22. The van der Waals surface area contributed by atoms with Crippen molar-refractivity contribution in [1.29, 1.82) is 5.26 Å². The van der Waals surface area contributed by atoms with Gasteiger partial charge in [0.15, 0.2) is 0 Å². The van der Waals surface area contributed by atoms with Crippen LogP contribution < -0.4 is 5.73 Å². The number of nitrogens with two attached hydrogens (primary N) is 1. The number of nitriles is 1. The van der Waals surface area contributed by atoms with Gasteiger partial charge in [0.05, 0.1) is 18.7 Å². The normalized spacial score (nSPS) is 11.6. The monoisotopic (exact) mass is 218 g/mol. The van der Waals surface area contributed by atoms with Crippen LogP contribution in [0.5, 0.6) is 0 Å². The molecule has 1 atom stereocenters.